The van der Waals surface area contributed by atoms with E-state index in [1.54, 1.807) is 0 Å². The van der Waals surface area contributed by atoms with Crippen LogP contribution in [-0.2, 0) is 0 Å². The van der Waals surface area contributed by atoms with Crippen LogP contribution in [0, 0.1) is 18.3 Å². The van der Waals surface area contributed by atoms with Crippen molar-refractivity contribution in [1.82, 2.24) is 9.38 Å². The summed E-state index contributed by atoms with van der Waals surface area (Å²) in [6, 6.07) is 12.0. The molecule has 23 heavy (non-hydrogen) atoms. The molecule has 0 unspecified atom stereocenters. The number of fused-ring (bicyclic) bond motifs is 1. The van der Waals surface area contributed by atoms with Gasteiger partial charge in [-0.25, -0.2) is 4.98 Å². The Hall–Kier alpha value is -2.32. The van der Waals surface area contributed by atoms with Gasteiger partial charge in [-0.15, -0.1) is 0 Å². The van der Waals surface area contributed by atoms with Crippen molar-refractivity contribution in [3.05, 3.63) is 52.3 Å². The van der Waals surface area contributed by atoms with Crippen molar-refractivity contribution < 1.29 is 4.74 Å². The molecule has 0 fully saturated rings. The Morgan fingerprint density at radius 2 is 2.04 bits per heavy atom. The number of benzene rings is 1. The maximum Gasteiger partial charge on any atom is 0.152 e. The molecule has 2 heterocycles. The Balaban J connectivity index is 2.09. The normalized spacial score (nSPS) is 10.7. The quantitative estimate of drug-likeness (QED) is 0.667. The number of pyridine rings is 1. The average molecular weight is 370 g/mol. The number of hydrogen-bond acceptors (Lipinski definition) is 3. The largest absolute Gasteiger partial charge is 0.494 e. The summed E-state index contributed by atoms with van der Waals surface area (Å²) in [5, 5.41) is 9.57. The van der Waals surface area contributed by atoms with E-state index in [4.69, 9.17) is 4.74 Å². The highest BCUT2D eigenvalue weighted by Crippen LogP contribution is 2.29. The van der Waals surface area contributed by atoms with Crippen LogP contribution >= 0.6 is 15.9 Å². The van der Waals surface area contributed by atoms with Crippen molar-refractivity contribution in [3.8, 4) is 23.1 Å². The van der Waals surface area contributed by atoms with Crippen LogP contribution in [0.15, 0.2) is 41.0 Å². The summed E-state index contributed by atoms with van der Waals surface area (Å²) in [6.07, 6.45) is 2.90. The molecule has 1 aromatic carbocycles. The Kier molecular flexibility index (Phi) is 4.35. The minimum atomic E-state index is 0.534. The number of halogens is 1. The highest BCUT2D eigenvalue weighted by atomic mass is 79.9. The summed E-state index contributed by atoms with van der Waals surface area (Å²) in [5.41, 5.74) is 3.92. The van der Waals surface area contributed by atoms with Crippen molar-refractivity contribution in [3.63, 3.8) is 0 Å². The molecule has 0 saturated carbocycles. The summed E-state index contributed by atoms with van der Waals surface area (Å²) in [4.78, 5) is 4.64. The summed E-state index contributed by atoms with van der Waals surface area (Å²) < 4.78 is 8.31. The molecule has 0 aliphatic rings. The third-order valence-electron chi connectivity index (χ3n) is 3.52. The summed E-state index contributed by atoms with van der Waals surface area (Å²) >= 11 is 3.52. The van der Waals surface area contributed by atoms with Gasteiger partial charge in [0.1, 0.15) is 17.5 Å². The topological polar surface area (TPSA) is 50.3 Å². The predicted molar refractivity (Wildman–Crippen MR) is 93.6 cm³/mol. The first kappa shape index (κ1) is 15.6. The number of aromatic nitrogens is 2. The van der Waals surface area contributed by atoms with Gasteiger partial charge in [0.15, 0.2) is 11.3 Å². The zero-order valence-corrected chi connectivity index (χ0v) is 14.6. The fourth-order valence-electron chi connectivity index (χ4n) is 2.47. The summed E-state index contributed by atoms with van der Waals surface area (Å²) in [5.74, 6) is 0.829. The Morgan fingerprint density at radius 1 is 1.30 bits per heavy atom. The van der Waals surface area contributed by atoms with E-state index in [9.17, 15) is 5.26 Å². The molecule has 116 valence electrons. The third kappa shape index (κ3) is 2.95. The lowest BCUT2D eigenvalue weighted by Gasteiger charge is -2.05. The van der Waals surface area contributed by atoms with E-state index in [0.29, 0.717) is 18.0 Å². The number of hydrogen-bond donors (Lipinski definition) is 0. The molecular formula is C18H16BrN3O. The van der Waals surface area contributed by atoms with Crippen molar-refractivity contribution in [1.29, 1.82) is 5.26 Å². The van der Waals surface area contributed by atoms with E-state index >= 15 is 0 Å². The monoisotopic (exact) mass is 369 g/mol. The molecule has 0 amide bonds. The van der Waals surface area contributed by atoms with Gasteiger partial charge in [-0.3, -0.25) is 4.40 Å². The van der Waals surface area contributed by atoms with E-state index < -0.39 is 0 Å². The number of ether oxygens (including phenoxy) is 1. The zero-order valence-electron chi connectivity index (χ0n) is 13.0. The lowest BCUT2D eigenvalue weighted by molar-refractivity contribution is 0.317. The van der Waals surface area contributed by atoms with Crippen molar-refractivity contribution >= 4 is 21.6 Å². The molecule has 2 aromatic heterocycles. The van der Waals surface area contributed by atoms with E-state index in [1.165, 1.54) is 0 Å². The molecule has 3 aromatic rings. The molecular weight excluding hydrogens is 354 g/mol. The molecule has 0 spiro atoms. The molecule has 0 saturated heterocycles. The highest BCUT2D eigenvalue weighted by molar-refractivity contribution is 9.10. The van der Waals surface area contributed by atoms with Crippen molar-refractivity contribution in [2.75, 3.05) is 6.61 Å². The number of aryl methyl sites for hydroxylation is 1. The number of nitriles is 1. The van der Waals surface area contributed by atoms with E-state index in [-0.39, 0.29) is 0 Å². The molecule has 0 atom stereocenters. The average Bonchev–Trinajstić information content (AvgIpc) is 2.92. The molecule has 0 aliphatic carbocycles. The van der Waals surface area contributed by atoms with Gasteiger partial charge in [-0.1, -0.05) is 6.92 Å². The smallest absolute Gasteiger partial charge is 0.152 e. The minimum absolute atomic E-state index is 0.534. The standard InChI is InChI=1S/C18H16BrN3O/c1-3-8-23-14-6-4-13(5-7-14)17-16(10-20)22-11-12(2)9-15(19)18(22)21-17/h4-7,9,11H,3,8H2,1-2H3. The highest BCUT2D eigenvalue weighted by Gasteiger charge is 2.16. The van der Waals surface area contributed by atoms with Gasteiger partial charge in [0, 0.05) is 11.8 Å². The number of rotatable bonds is 4. The lowest BCUT2D eigenvalue weighted by Crippen LogP contribution is -1.94. The summed E-state index contributed by atoms with van der Waals surface area (Å²) in [6.45, 7) is 4.76. The molecule has 0 aliphatic heterocycles. The second-order valence-corrected chi connectivity index (χ2v) is 6.21. The summed E-state index contributed by atoms with van der Waals surface area (Å²) in [7, 11) is 0. The Labute approximate surface area is 143 Å². The van der Waals surface area contributed by atoms with E-state index in [0.717, 1.165) is 33.4 Å². The minimum Gasteiger partial charge on any atom is -0.494 e. The Morgan fingerprint density at radius 3 is 2.70 bits per heavy atom. The predicted octanol–water partition coefficient (Wildman–Crippen LogP) is 4.73. The Bertz CT molecular complexity index is 891. The van der Waals surface area contributed by atoms with Gasteiger partial charge in [0.05, 0.1) is 11.1 Å². The van der Waals surface area contributed by atoms with Crippen LogP contribution in [0.5, 0.6) is 5.75 Å². The lowest BCUT2D eigenvalue weighted by atomic mass is 10.1. The molecule has 3 rings (SSSR count). The van der Waals surface area contributed by atoms with Gasteiger partial charge in [0.25, 0.3) is 0 Å². The van der Waals surface area contributed by atoms with Gasteiger partial charge in [-0.05, 0) is 65.2 Å². The molecule has 0 bridgehead atoms. The second-order valence-electron chi connectivity index (χ2n) is 5.35. The number of nitrogens with zero attached hydrogens (tertiary/aromatic N) is 3. The fourth-order valence-corrected chi connectivity index (χ4v) is 3.11. The van der Waals surface area contributed by atoms with Crippen LogP contribution in [0.3, 0.4) is 0 Å². The first-order chi connectivity index (χ1) is 11.1. The van der Waals surface area contributed by atoms with Gasteiger partial charge < -0.3 is 4.74 Å². The molecule has 0 radical (unpaired) electrons. The first-order valence-electron chi connectivity index (χ1n) is 7.45. The first-order valence-corrected chi connectivity index (χ1v) is 8.25. The fraction of sp³-hybridized carbons (Fsp3) is 0.222. The number of imidazole rings is 1. The molecule has 0 N–H and O–H groups in total. The van der Waals surface area contributed by atoms with Crippen molar-refractivity contribution in [2.45, 2.75) is 20.3 Å². The third-order valence-corrected chi connectivity index (χ3v) is 4.10. The van der Waals surface area contributed by atoms with Gasteiger partial charge in [0.2, 0.25) is 0 Å². The van der Waals surface area contributed by atoms with Gasteiger partial charge in [-0.2, -0.15) is 5.26 Å². The van der Waals surface area contributed by atoms with E-state index in [2.05, 4.69) is 33.9 Å². The van der Waals surface area contributed by atoms with Crippen LogP contribution in [-0.4, -0.2) is 16.0 Å². The van der Waals surface area contributed by atoms with Crippen LogP contribution in [0.25, 0.3) is 16.9 Å². The van der Waals surface area contributed by atoms with Crippen LogP contribution < -0.4 is 4.74 Å². The zero-order chi connectivity index (χ0) is 16.4. The second kappa shape index (κ2) is 6.43. The van der Waals surface area contributed by atoms with Crippen LogP contribution in [0.2, 0.25) is 0 Å². The SMILES string of the molecule is CCCOc1ccc(-c2nc3c(Br)cc(C)cn3c2C#N)cc1. The maximum absolute atomic E-state index is 9.57. The van der Waals surface area contributed by atoms with Gasteiger partial charge >= 0.3 is 0 Å². The van der Waals surface area contributed by atoms with Crippen LogP contribution in [0.4, 0.5) is 0 Å². The molecule has 4 nitrogen and oxygen atoms in total. The van der Waals surface area contributed by atoms with E-state index in [1.807, 2.05) is 47.9 Å². The maximum atomic E-state index is 9.57. The van der Waals surface area contributed by atoms with Crippen molar-refractivity contribution in [2.24, 2.45) is 0 Å². The molecule has 5 heteroatoms. The van der Waals surface area contributed by atoms with Crippen LogP contribution in [0.1, 0.15) is 24.6 Å².